The molecule has 32 heavy (non-hydrogen) atoms. The number of nitrogens with zero attached hydrogens (tertiary/aromatic N) is 1. The summed E-state index contributed by atoms with van der Waals surface area (Å²) < 4.78 is 5.72. The van der Waals surface area contributed by atoms with Gasteiger partial charge in [-0.1, -0.05) is 62.4 Å². The number of aryl methyl sites for hydroxylation is 1. The number of para-hydroxylation sites is 1. The van der Waals surface area contributed by atoms with Gasteiger partial charge in [-0.05, 0) is 70.1 Å². The van der Waals surface area contributed by atoms with Gasteiger partial charge in [0.25, 0.3) is 0 Å². The summed E-state index contributed by atoms with van der Waals surface area (Å²) in [5, 5.41) is 1.50. The average molecular weight is 439 g/mol. The van der Waals surface area contributed by atoms with E-state index < -0.39 is 11.6 Å². The minimum absolute atomic E-state index is 0.0990. The normalized spacial score (nSPS) is 12.3. The molecule has 2 aromatic carbocycles. The van der Waals surface area contributed by atoms with E-state index in [1.807, 2.05) is 69.3 Å². The van der Waals surface area contributed by atoms with Crippen molar-refractivity contribution in [3.05, 3.63) is 66.2 Å². The van der Waals surface area contributed by atoms with E-state index in [9.17, 15) is 9.59 Å². The Bertz CT molecular complexity index is 829. The summed E-state index contributed by atoms with van der Waals surface area (Å²) in [6.07, 6.45) is 3.24. The maximum Gasteiger partial charge on any atom is 0.331 e. The summed E-state index contributed by atoms with van der Waals surface area (Å²) in [4.78, 5) is 26.5. The van der Waals surface area contributed by atoms with Gasteiger partial charge in [0.2, 0.25) is 5.91 Å². The highest BCUT2D eigenvalue weighted by Gasteiger charge is 2.33. The van der Waals surface area contributed by atoms with Crippen LogP contribution in [0.2, 0.25) is 0 Å². The molecule has 1 amide bonds. The second-order valence-electron chi connectivity index (χ2n) is 9.60. The first kappa shape index (κ1) is 25.4. The van der Waals surface area contributed by atoms with Gasteiger partial charge in [-0.15, -0.1) is 0 Å². The first-order chi connectivity index (χ1) is 15.2. The molecule has 174 valence electrons. The van der Waals surface area contributed by atoms with E-state index >= 15 is 0 Å². The summed E-state index contributed by atoms with van der Waals surface area (Å²) in [5.74, 6) is -0.0828. The second kappa shape index (κ2) is 12.3. The number of carbonyl (C=O) groups is 2. The van der Waals surface area contributed by atoms with Crippen LogP contribution in [0.3, 0.4) is 0 Å². The Balaban J connectivity index is 2.25. The third-order valence-electron chi connectivity index (χ3n) is 5.00. The maximum absolute atomic E-state index is 13.3. The molecule has 5 heteroatoms. The Hall–Kier alpha value is -2.82. The van der Waals surface area contributed by atoms with Crippen molar-refractivity contribution in [2.24, 2.45) is 5.92 Å². The predicted octanol–water partition coefficient (Wildman–Crippen LogP) is 6.01. The van der Waals surface area contributed by atoms with E-state index in [0.29, 0.717) is 18.8 Å². The molecular formula is C27H38N2O3. The van der Waals surface area contributed by atoms with Crippen LogP contribution in [0.15, 0.2) is 60.7 Å². The van der Waals surface area contributed by atoms with Crippen molar-refractivity contribution >= 4 is 17.6 Å². The molecule has 0 heterocycles. The third-order valence-corrected chi connectivity index (χ3v) is 5.00. The van der Waals surface area contributed by atoms with Crippen molar-refractivity contribution in [2.75, 3.05) is 5.43 Å². The number of hydrazine groups is 1. The van der Waals surface area contributed by atoms with E-state index in [1.165, 1.54) is 10.6 Å². The van der Waals surface area contributed by atoms with Crippen LogP contribution >= 0.6 is 0 Å². The van der Waals surface area contributed by atoms with Crippen molar-refractivity contribution < 1.29 is 14.3 Å². The van der Waals surface area contributed by atoms with Crippen molar-refractivity contribution in [1.29, 1.82) is 0 Å². The van der Waals surface area contributed by atoms with Gasteiger partial charge in [0.1, 0.15) is 5.60 Å². The molecule has 1 atom stereocenters. The summed E-state index contributed by atoms with van der Waals surface area (Å²) in [6.45, 7) is 9.73. The Morgan fingerprint density at radius 1 is 0.938 bits per heavy atom. The van der Waals surface area contributed by atoms with Crippen LogP contribution in [-0.4, -0.2) is 28.5 Å². The molecule has 0 unspecified atom stereocenters. The van der Waals surface area contributed by atoms with Gasteiger partial charge in [0, 0.05) is 6.42 Å². The quantitative estimate of drug-likeness (QED) is 0.345. The van der Waals surface area contributed by atoms with E-state index in [2.05, 4.69) is 31.4 Å². The first-order valence-corrected chi connectivity index (χ1v) is 11.6. The fourth-order valence-electron chi connectivity index (χ4n) is 3.36. The molecular weight excluding hydrogens is 400 g/mol. The number of hydrogen-bond acceptors (Lipinski definition) is 4. The molecule has 5 nitrogen and oxygen atoms in total. The van der Waals surface area contributed by atoms with Crippen molar-refractivity contribution in [1.82, 2.24) is 5.01 Å². The topological polar surface area (TPSA) is 58.6 Å². The fourth-order valence-corrected chi connectivity index (χ4v) is 3.36. The lowest BCUT2D eigenvalue weighted by Gasteiger charge is -2.33. The van der Waals surface area contributed by atoms with Crippen LogP contribution in [0.1, 0.15) is 65.9 Å². The number of carbonyl (C=O) groups excluding carboxylic acids is 2. The molecule has 2 aromatic rings. The number of ether oxygens (including phenoxy) is 1. The molecule has 0 aliphatic carbocycles. The summed E-state index contributed by atoms with van der Waals surface area (Å²) in [5.41, 5.74) is 4.55. The predicted molar refractivity (Wildman–Crippen MR) is 130 cm³/mol. The molecule has 0 aromatic heterocycles. The van der Waals surface area contributed by atoms with Crippen LogP contribution in [0.5, 0.6) is 0 Å². The van der Waals surface area contributed by atoms with Gasteiger partial charge in [-0.25, -0.2) is 9.80 Å². The van der Waals surface area contributed by atoms with Crippen LogP contribution < -0.4 is 5.43 Å². The minimum atomic E-state index is -0.710. The summed E-state index contributed by atoms with van der Waals surface area (Å²) in [6, 6.07) is 19.0. The number of nitrogens with one attached hydrogen (secondary N) is 1. The zero-order valence-electron chi connectivity index (χ0n) is 20.1. The standard InChI is InChI=1S/C27H38N2O3/c1-21(2)19-20-25(30)29(28-23-16-10-7-11-17-23)24(26(31)32-27(3,4)5)18-12-15-22-13-8-6-9-14-22/h6-11,13-14,16-17,21,24,28H,12,15,18-20H2,1-5H3/t24-/m1/s1. The maximum atomic E-state index is 13.3. The Morgan fingerprint density at radius 3 is 2.09 bits per heavy atom. The van der Waals surface area contributed by atoms with Crippen LogP contribution in [-0.2, 0) is 20.7 Å². The van der Waals surface area contributed by atoms with Crippen LogP contribution in [0.25, 0.3) is 0 Å². The molecule has 0 saturated heterocycles. The lowest BCUT2D eigenvalue weighted by Crippen LogP contribution is -2.50. The molecule has 0 radical (unpaired) electrons. The largest absolute Gasteiger partial charge is 0.458 e. The smallest absolute Gasteiger partial charge is 0.331 e. The third kappa shape index (κ3) is 9.13. The van der Waals surface area contributed by atoms with E-state index in [0.717, 1.165) is 24.9 Å². The Kier molecular flexibility index (Phi) is 9.76. The Morgan fingerprint density at radius 2 is 1.53 bits per heavy atom. The molecule has 0 bridgehead atoms. The molecule has 1 N–H and O–H groups in total. The lowest BCUT2D eigenvalue weighted by atomic mass is 10.0. The lowest BCUT2D eigenvalue weighted by molar-refractivity contribution is -0.164. The second-order valence-corrected chi connectivity index (χ2v) is 9.60. The highest BCUT2D eigenvalue weighted by atomic mass is 16.6. The van der Waals surface area contributed by atoms with Gasteiger partial charge in [-0.3, -0.25) is 10.2 Å². The molecule has 0 saturated carbocycles. The molecule has 0 aliphatic heterocycles. The van der Waals surface area contributed by atoms with E-state index in [1.54, 1.807) is 0 Å². The molecule has 0 fully saturated rings. The van der Waals surface area contributed by atoms with Crippen molar-refractivity contribution in [2.45, 2.75) is 78.4 Å². The minimum Gasteiger partial charge on any atom is -0.458 e. The highest BCUT2D eigenvalue weighted by molar-refractivity contribution is 5.85. The van der Waals surface area contributed by atoms with Gasteiger partial charge < -0.3 is 4.74 Å². The van der Waals surface area contributed by atoms with Crippen molar-refractivity contribution in [3.8, 4) is 0 Å². The van der Waals surface area contributed by atoms with Crippen LogP contribution in [0.4, 0.5) is 5.69 Å². The molecule has 0 aliphatic rings. The number of benzene rings is 2. The number of hydrogen-bond donors (Lipinski definition) is 1. The zero-order valence-corrected chi connectivity index (χ0v) is 20.1. The number of esters is 1. The monoisotopic (exact) mass is 438 g/mol. The van der Waals surface area contributed by atoms with E-state index in [4.69, 9.17) is 4.74 Å². The summed E-state index contributed by atoms with van der Waals surface area (Å²) in [7, 11) is 0. The number of anilines is 1. The van der Waals surface area contributed by atoms with Crippen LogP contribution in [0, 0.1) is 5.92 Å². The first-order valence-electron chi connectivity index (χ1n) is 11.6. The number of amides is 1. The molecule has 2 rings (SSSR count). The van der Waals surface area contributed by atoms with Crippen molar-refractivity contribution in [3.63, 3.8) is 0 Å². The highest BCUT2D eigenvalue weighted by Crippen LogP contribution is 2.20. The SMILES string of the molecule is CC(C)CCC(=O)N(Nc1ccccc1)[C@H](CCCc1ccccc1)C(=O)OC(C)(C)C. The molecule has 0 spiro atoms. The fraction of sp³-hybridized carbons (Fsp3) is 0.481. The number of rotatable bonds is 11. The van der Waals surface area contributed by atoms with E-state index in [-0.39, 0.29) is 11.9 Å². The van der Waals surface area contributed by atoms with Gasteiger partial charge in [-0.2, -0.15) is 0 Å². The average Bonchev–Trinajstić information content (AvgIpc) is 2.74. The Labute approximate surface area is 193 Å². The summed E-state index contributed by atoms with van der Waals surface area (Å²) >= 11 is 0. The van der Waals surface area contributed by atoms with Gasteiger partial charge in [0.05, 0.1) is 5.69 Å². The van der Waals surface area contributed by atoms with Gasteiger partial charge in [0.15, 0.2) is 6.04 Å². The zero-order chi connectivity index (χ0) is 23.6. The van der Waals surface area contributed by atoms with Gasteiger partial charge >= 0.3 is 5.97 Å².